The molecule has 2 aliphatic rings. The molecule has 0 aliphatic carbocycles. The first kappa shape index (κ1) is 30.1. The van der Waals surface area contributed by atoms with E-state index in [1.807, 2.05) is 50.2 Å². The van der Waals surface area contributed by atoms with Gasteiger partial charge in [-0.3, -0.25) is 9.69 Å². The first-order valence-electron chi connectivity index (χ1n) is 13.9. The number of morpholine rings is 1. The fourth-order valence-corrected chi connectivity index (χ4v) is 4.94. The van der Waals surface area contributed by atoms with Crippen LogP contribution in [0.15, 0.2) is 47.6 Å². The van der Waals surface area contributed by atoms with Gasteiger partial charge in [-0.2, -0.15) is 5.10 Å². The number of carbonyl (C=O) groups excluding carboxylic acids is 2. The van der Waals surface area contributed by atoms with Gasteiger partial charge in [0.1, 0.15) is 23.8 Å². The molecule has 41 heavy (non-hydrogen) atoms. The highest BCUT2D eigenvalue weighted by atomic mass is 16.5. The van der Waals surface area contributed by atoms with Gasteiger partial charge in [-0.05, 0) is 43.7 Å². The second-order valence-electron chi connectivity index (χ2n) is 10.3. The van der Waals surface area contributed by atoms with E-state index in [4.69, 9.17) is 24.0 Å². The average Bonchev–Trinajstić information content (AvgIpc) is 3.44. The van der Waals surface area contributed by atoms with Crippen LogP contribution in [0.2, 0.25) is 0 Å². The molecule has 0 bridgehead atoms. The molecule has 2 aromatic carbocycles. The second-order valence-corrected chi connectivity index (χ2v) is 10.3. The maximum atomic E-state index is 13.9. The molecule has 1 atom stereocenters. The molecule has 0 spiro atoms. The number of nitrogens with one attached hydrogen (secondary N) is 1. The van der Waals surface area contributed by atoms with Crippen molar-refractivity contribution in [1.29, 1.82) is 0 Å². The third-order valence-electron chi connectivity index (χ3n) is 7.20. The minimum absolute atomic E-state index is 0.0607. The molecule has 2 heterocycles. The zero-order valence-corrected chi connectivity index (χ0v) is 24.6. The summed E-state index contributed by atoms with van der Waals surface area (Å²) in [5.74, 6) is 1.72. The molecule has 0 radical (unpaired) electrons. The number of hydrogen-bond acceptors (Lipinski definition) is 8. The molecule has 4 rings (SSSR count). The Balaban J connectivity index is 1.61. The van der Waals surface area contributed by atoms with Gasteiger partial charge in [-0.1, -0.05) is 12.1 Å². The average molecular weight is 568 g/mol. The number of nitrogens with zero attached hydrogens (tertiary/aromatic N) is 4. The van der Waals surface area contributed by atoms with Gasteiger partial charge in [0.2, 0.25) is 0 Å². The number of hydrazone groups is 1. The minimum atomic E-state index is -0.357. The smallest absolute Gasteiger partial charge is 0.318 e. The summed E-state index contributed by atoms with van der Waals surface area (Å²) in [4.78, 5) is 30.9. The number of benzene rings is 2. The molecule has 0 unspecified atom stereocenters. The summed E-state index contributed by atoms with van der Waals surface area (Å²) < 4.78 is 21.8. The molecule has 11 nitrogen and oxygen atoms in total. The summed E-state index contributed by atoms with van der Waals surface area (Å²) in [6.45, 7) is 7.70. The van der Waals surface area contributed by atoms with Gasteiger partial charge in [0.15, 0.2) is 0 Å². The molecule has 1 saturated heterocycles. The quantitative estimate of drug-likeness (QED) is 0.445. The van der Waals surface area contributed by atoms with Crippen molar-refractivity contribution in [2.75, 3.05) is 67.3 Å². The Labute approximate surface area is 242 Å². The lowest BCUT2D eigenvalue weighted by atomic mass is 9.97. The van der Waals surface area contributed by atoms with Crippen molar-refractivity contribution >= 4 is 17.6 Å². The van der Waals surface area contributed by atoms with E-state index >= 15 is 0 Å². The van der Waals surface area contributed by atoms with E-state index in [1.165, 1.54) is 5.01 Å². The van der Waals surface area contributed by atoms with Gasteiger partial charge < -0.3 is 29.2 Å². The number of rotatable bonds is 11. The molecule has 3 amide bonds. The van der Waals surface area contributed by atoms with Gasteiger partial charge in [-0.25, -0.2) is 9.80 Å². The van der Waals surface area contributed by atoms with Crippen LogP contribution in [0.3, 0.4) is 0 Å². The van der Waals surface area contributed by atoms with E-state index in [2.05, 4.69) is 10.2 Å². The first-order chi connectivity index (χ1) is 19.8. The van der Waals surface area contributed by atoms with E-state index in [1.54, 1.807) is 32.3 Å². The lowest BCUT2D eigenvalue weighted by Gasteiger charge is -2.31. The van der Waals surface area contributed by atoms with Crippen LogP contribution < -0.4 is 19.5 Å². The Morgan fingerprint density at radius 3 is 2.34 bits per heavy atom. The first-order valence-corrected chi connectivity index (χ1v) is 13.9. The van der Waals surface area contributed by atoms with Crippen LogP contribution in [-0.2, 0) is 9.53 Å². The summed E-state index contributed by atoms with van der Waals surface area (Å²) in [7, 11) is 4.81. The highest BCUT2D eigenvalue weighted by molar-refractivity contribution is 6.05. The number of carbonyl (C=O) groups is 2. The summed E-state index contributed by atoms with van der Waals surface area (Å²) in [6.07, 6.45) is 0.479. The van der Waals surface area contributed by atoms with Gasteiger partial charge in [-0.15, -0.1) is 0 Å². The second kappa shape index (κ2) is 14.2. The predicted molar refractivity (Wildman–Crippen MR) is 156 cm³/mol. The van der Waals surface area contributed by atoms with Gasteiger partial charge >= 0.3 is 6.03 Å². The standard InChI is InChI=1S/C30H41N5O6/c1-21(2)31-30(37)34(13-12-33-14-16-41-17-15-33)20-29(36)35-27(22-6-8-23(38-3)9-7-22)19-26(32-35)25-11-10-24(39-4)18-28(25)40-5/h6-11,18,21,27H,12-17,19-20H2,1-5H3,(H,31,37)/t27-/m1/s1. The summed E-state index contributed by atoms with van der Waals surface area (Å²) >= 11 is 0. The molecule has 0 aromatic heterocycles. The molecular weight excluding hydrogens is 526 g/mol. The molecule has 1 fully saturated rings. The van der Waals surface area contributed by atoms with Crippen LogP contribution in [-0.4, -0.2) is 106 Å². The fraction of sp³-hybridized carbons (Fsp3) is 0.500. The molecule has 2 aliphatic heterocycles. The number of amides is 3. The number of methoxy groups -OCH3 is 3. The zero-order valence-electron chi connectivity index (χ0n) is 24.6. The third-order valence-corrected chi connectivity index (χ3v) is 7.20. The van der Waals surface area contributed by atoms with Crippen molar-refractivity contribution in [3.63, 3.8) is 0 Å². The number of urea groups is 1. The lowest BCUT2D eigenvalue weighted by Crippen LogP contribution is -2.50. The zero-order chi connectivity index (χ0) is 29.4. The van der Waals surface area contributed by atoms with E-state index < -0.39 is 0 Å². The van der Waals surface area contributed by atoms with Crippen LogP contribution in [0.4, 0.5) is 4.79 Å². The fourth-order valence-electron chi connectivity index (χ4n) is 4.94. The summed E-state index contributed by atoms with van der Waals surface area (Å²) in [6, 6.07) is 12.5. The molecule has 2 aromatic rings. The Morgan fingerprint density at radius 1 is 1.02 bits per heavy atom. The van der Waals surface area contributed by atoms with Crippen molar-refractivity contribution in [2.24, 2.45) is 5.10 Å². The highest BCUT2D eigenvalue weighted by Crippen LogP contribution is 2.36. The van der Waals surface area contributed by atoms with E-state index in [0.717, 1.165) is 30.0 Å². The van der Waals surface area contributed by atoms with E-state index in [9.17, 15) is 9.59 Å². The van der Waals surface area contributed by atoms with Gasteiger partial charge in [0, 0.05) is 50.3 Å². The lowest BCUT2D eigenvalue weighted by molar-refractivity contribution is -0.133. The molecule has 222 valence electrons. The Bertz CT molecular complexity index is 1210. The van der Waals surface area contributed by atoms with Crippen LogP contribution in [0, 0.1) is 0 Å². The molecular formula is C30H41N5O6. The normalized spacial score (nSPS) is 17.3. The number of ether oxygens (including phenoxy) is 4. The van der Waals surface area contributed by atoms with Gasteiger partial charge in [0.25, 0.3) is 5.91 Å². The highest BCUT2D eigenvalue weighted by Gasteiger charge is 2.35. The topological polar surface area (TPSA) is 105 Å². The van der Waals surface area contributed by atoms with Crippen molar-refractivity contribution in [2.45, 2.75) is 32.4 Å². The van der Waals surface area contributed by atoms with E-state index in [-0.39, 0.29) is 30.6 Å². The summed E-state index contributed by atoms with van der Waals surface area (Å²) in [5, 5.41) is 9.25. The molecule has 11 heteroatoms. The largest absolute Gasteiger partial charge is 0.497 e. The van der Waals surface area contributed by atoms with Crippen molar-refractivity contribution in [3.05, 3.63) is 53.6 Å². The van der Waals surface area contributed by atoms with E-state index in [0.29, 0.717) is 49.9 Å². The van der Waals surface area contributed by atoms with Gasteiger partial charge in [0.05, 0.1) is 46.3 Å². The minimum Gasteiger partial charge on any atom is -0.497 e. The van der Waals surface area contributed by atoms with Crippen LogP contribution >= 0.6 is 0 Å². The van der Waals surface area contributed by atoms with Crippen molar-refractivity contribution in [3.8, 4) is 17.2 Å². The van der Waals surface area contributed by atoms with Crippen molar-refractivity contribution in [1.82, 2.24) is 20.1 Å². The number of hydrogen-bond donors (Lipinski definition) is 1. The predicted octanol–water partition coefficient (Wildman–Crippen LogP) is 3.14. The van der Waals surface area contributed by atoms with Crippen LogP contribution in [0.1, 0.15) is 37.4 Å². The Kier molecular flexibility index (Phi) is 10.4. The van der Waals surface area contributed by atoms with Crippen LogP contribution in [0.5, 0.6) is 17.2 Å². The van der Waals surface area contributed by atoms with Crippen molar-refractivity contribution < 1.29 is 28.5 Å². The third kappa shape index (κ3) is 7.68. The summed E-state index contributed by atoms with van der Waals surface area (Å²) in [5.41, 5.74) is 2.41. The van der Waals surface area contributed by atoms with Crippen LogP contribution in [0.25, 0.3) is 0 Å². The Hall–Kier alpha value is -3.83. The Morgan fingerprint density at radius 2 is 1.71 bits per heavy atom. The maximum absolute atomic E-state index is 13.9. The SMILES string of the molecule is COc1ccc([C@H]2CC(c3ccc(OC)cc3OC)=NN2C(=O)CN(CCN2CCOCC2)C(=O)NC(C)C)cc1. The monoisotopic (exact) mass is 567 g/mol. The maximum Gasteiger partial charge on any atom is 0.318 e. The molecule has 1 N–H and O–H groups in total. The molecule has 0 saturated carbocycles.